The van der Waals surface area contributed by atoms with Gasteiger partial charge < -0.3 is 15.0 Å². The van der Waals surface area contributed by atoms with Crippen molar-refractivity contribution in [3.05, 3.63) is 0 Å². The molecule has 2 saturated heterocycles. The normalized spacial score (nSPS) is 30.3. The monoisotopic (exact) mass is 283 g/mol. The van der Waals surface area contributed by atoms with Crippen molar-refractivity contribution in [3.63, 3.8) is 0 Å². The summed E-state index contributed by atoms with van der Waals surface area (Å²) in [7, 11) is 3.98. The van der Waals surface area contributed by atoms with Gasteiger partial charge in [0.15, 0.2) is 0 Å². The quantitative estimate of drug-likeness (QED) is 0.695. The van der Waals surface area contributed by atoms with Gasteiger partial charge in [0.1, 0.15) is 0 Å². The van der Waals surface area contributed by atoms with Crippen LogP contribution in [-0.2, 0) is 4.74 Å². The fraction of sp³-hybridized carbons (Fsp3) is 1.00. The van der Waals surface area contributed by atoms with Gasteiger partial charge in [-0.2, -0.15) is 0 Å². The Labute approximate surface area is 124 Å². The van der Waals surface area contributed by atoms with E-state index in [1.54, 1.807) is 7.11 Å². The zero-order chi connectivity index (χ0) is 14.4. The van der Waals surface area contributed by atoms with Gasteiger partial charge in [-0.1, -0.05) is 6.92 Å². The van der Waals surface area contributed by atoms with Crippen LogP contribution in [0.4, 0.5) is 0 Å². The number of hydrogen-bond donors (Lipinski definition) is 1. The molecule has 0 aliphatic carbocycles. The molecular formula is C16H33N3O. The minimum absolute atomic E-state index is 0.773. The molecule has 4 nitrogen and oxygen atoms in total. The second-order valence-corrected chi connectivity index (χ2v) is 6.54. The van der Waals surface area contributed by atoms with E-state index in [4.69, 9.17) is 4.74 Å². The van der Waals surface area contributed by atoms with Crippen LogP contribution >= 0.6 is 0 Å². The van der Waals surface area contributed by atoms with Crippen molar-refractivity contribution in [2.75, 3.05) is 46.9 Å². The first-order chi connectivity index (χ1) is 9.74. The second-order valence-electron chi connectivity index (χ2n) is 6.54. The lowest BCUT2D eigenvalue weighted by molar-refractivity contribution is 0.0971. The molecule has 2 rings (SSSR count). The van der Waals surface area contributed by atoms with Gasteiger partial charge in [0.2, 0.25) is 0 Å². The van der Waals surface area contributed by atoms with E-state index in [2.05, 4.69) is 29.1 Å². The highest BCUT2D eigenvalue weighted by Gasteiger charge is 2.39. The molecule has 2 aliphatic heterocycles. The van der Waals surface area contributed by atoms with E-state index >= 15 is 0 Å². The maximum Gasteiger partial charge on any atom is 0.0589 e. The minimum Gasteiger partial charge on any atom is -0.383 e. The molecular weight excluding hydrogens is 250 g/mol. The number of nitrogens with one attached hydrogen (secondary N) is 1. The summed E-state index contributed by atoms with van der Waals surface area (Å²) in [4.78, 5) is 5.18. The standard InChI is InChI=1S/C16H33N3O/c1-4-7-17-14-12-15-5-6-16(13-14)19(15)9-8-18(2)10-11-20-3/h14-17H,4-13H2,1-3H3. The van der Waals surface area contributed by atoms with Crippen LogP contribution in [0, 0.1) is 0 Å². The molecule has 2 atom stereocenters. The smallest absolute Gasteiger partial charge is 0.0589 e. The Balaban J connectivity index is 1.72. The zero-order valence-corrected chi connectivity index (χ0v) is 13.6. The van der Waals surface area contributed by atoms with Gasteiger partial charge in [0.05, 0.1) is 6.61 Å². The topological polar surface area (TPSA) is 27.7 Å². The van der Waals surface area contributed by atoms with Gasteiger partial charge >= 0.3 is 0 Å². The Hall–Kier alpha value is -0.160. The summed E-state index contributed by atoms with van der Waals surface area (Å²) in [6.45, 7) is 7.72. The lowest BCUT2D eigenvalue weighted by Gasteiger charge is -2.40. The SMILES string of the molecule is CCCNC1CC2CCC(C1)N2CCN(C)CCOC. The first-order valence-electron chi connectivity index (χ1n) is 8.41. The van der Waals surface area contributed by atoms with Crippen LogP contribution in [0.3, 0.4) is 0 Å². The lowest BCUT2D eigenvalue weighted by atomic mass is 9.97. The number of fused-ring (bicyclic) bond motifs is 2. The third kappa shape index (κ3) is 4.42. The van der Waals surface area contributed by atoms with Crippen LogP contribution in [0.25, 0.3) is 0 Å². The highest BCUT2D eigenvalue weighted by atomic mass is 16.5. The van der Waals surface area contributed by atoms with E-state index in [9.17, 15) is 0 Å². The zero-order valence-electron chi connectivity index (χ0n) is 13.6. The van der Waals surface area contributed by atoms with E-state index < -0.39 is 0 Å². The molecule has 0 amide bonds. The van der Waals surface area contributed by atoms with Crippen LogP contribution in [0.15, 0.2) is 0 Å². The third-order valence-corrected chi connectivity index (χ3v) is 4.98. The molecule has 0 aromatic carbocycles. The average Bonchev–Trinajstić information content (AvgIpc) is 2.69. The van der Waals surface area contributed by atoms with Crippen molar-refractivity contribution in [1.29, 1.82) is 0 Å². The van der Waals surface area contributed by atoms with Crippen molar-refractivity contribution in [2.24, 2.45) is 0 Å². The Bertz CT molecular complexity index is 260. The molecule has 0 saturated carbocycles. The van der Waals surface area contributed by atoms with Gasteiger partial charge in [-0.05, 0) is 45.7 Å². The molecule has 118 valence electrons. The molecule has 20 heavy (non-hydrogen) atoms. The fourth-order valence-electron chi connectivity index (χ4n) is 3.80. The van der Waals surface area contributed by atoms with Gasteiger partial charge in [-0.25, -0.2) is 0 Å². The molecule has 2 bridgehead atoms. The predicted octanol–water partition coefficient (Wildman–Crippen LogP) is 1.56. The van der Waals surface area contributed by atoms with Crippen molar-refractivity contribution in [1.82, 2.24) is 15.1 Å². The van der Waals surface area contributed by atoms with Gasteiger partial charge in [-0.3, -0.25) is 4.90 Å². The van der Waals surface area contributed by atoms with E-state index in [0.29, 0.717) is 0 Å². The maximum absolute atomic E-state index is 5.15. The van der Waals surface area contributed by atoms with E-state index in [-0.39, 0.29) is 0 Å². The van der Waals surface area contributed by atoms with Crippen molar-refractivity contribution in [2.45, 2.75) is 57.2 Å². The number of rotatable bonds is 9. The summed E-state index contributed by atoms with van der Waals surface area (Å²) < 4.78 is 5.15. The molecule has 0 aromatic rings. The highest BCUT2D eigenvalue weighted by Crippen LogP contribution is 2.35. The number of hydrogen-bond acceptors (Lipinski definition) is 4. The van der Waals surface area contributed by atoms with E-state index in [1.165, 1.54) is 51.7 Å². The maximum atomic E-state index is 5.15. The fourth-order valence-corrected chi connectivity index (χ4v) is 3.80. The summed E-state index contributed by atoms with van der Waals surface area (Å²) in [5, 5.41) is 3.73. The predicted molar refractivity (Wildman–Crippen MR) is 84.2 cm³/mol. The molecule has 0 radical (unpaired) electrons. The van der Waals surface area contributed by atoms with Crippen LogP contribution in [0.5, 0.6) is 0 Å². The van der Waals surface area contributed by atoms with Gasteiger partial charge in [-0.15, -0.1) is 0 Å². The summed E-state index contributed by atoms with van der Waals surface area (Å²) in [6, 6.07) is 2.44. The van der Waals surface area contributed by atoms with Crippen LogP contribution < -0.4 is 5.32 Å². The van der Waals surface area contributed by atoms with Gasteiger partial charge in [0.25, 0.3) is 0 Å². The molecule has 0 aromatic heterocycles. The third-order valence-electron chi connectivity index (χ3n) is 4.98. The number of methoxy groups -OCH3 is 1. The Morgan fingerprint density at radius 1 is 1.20 bits per heavy atom. The van der Waals surface area contributed by atoms with Crippen LogP contribution in [-0.4, -0.2) is 74.9 Å². The molecule has 2 fully saturated rings. The molecule has 2 heterocycles. The summed E-state index contributed by atoms with van der Waals surface area (Å²) in [5.41, 5.74) is 0. The summed E-state index contributed by atoms with van der Waals surface area (Å²) >= 11 is 0. The number of nitrogens with zero attached hydrogens (tertiary/aromatic N) is 2. The average molecular weight is 283 g/mol. The molecule has 4 heteroatoms. The molecule has 0 spiro atoms. The second kappa shape index (κ2) is 8.32. The first-order valence-corrected chi connectivity index (χ1v) is 8.41. The van der Waals surface area contributed by atoms with Crippen molar-refractivity contribution in [3.8, 4) is 0 Å². The number of ether oxygens (including phenoxy) is 1. The Morgan fingerprint density at radius 2 is 1.90 bits per heavy atom. The van der Waals surface area contributed by atoms with Gasteiger partial charge in [0, 0.05) is 44.9 Å². The first kappa shape index (κ1) is 16.2. The van der Waals surface area contributed by atoms with Crippen molar-refractivity contribution >= 4 is 0 Å². The number of likely N-dealkylation sites (N-methyl/N-ethyl adjacent to an activating group) is 1. The van der Waals surface area contributed by atoms with Crippen molar-refractivity contribution < 1.29 is 4.74 Å². The van der Waals surface area contributed by atoms with E-state index in [0.717, 1.165) is 31.3 Å². The molecule has 2 unspecified atom stereocenters. The highest BCUT2D eigenvalue weighted by molar-refractivity contribution is 4.97. The largest absolute Gasteiger partial charge is 0.383 e. The summed E-state index contributed by atoms with van der Waals surface area (Å²) in [5.74, 6) is 0. The molecule has 2 aliphatic rings. The van der Waals surface area contributed by atoms with Crippen LogP contribution in [0.2, 0.25) is 0 Å². The number of piperidine rings is 1. The Morgan fingerprint density at radius 3 is 2.50 bits per heavy atom. The Kier molecular flexibility index (Phi) is 6.75. The van der Waals surface area contributed by atoms with Crippen LogP contribution in [0.1, 0.15) is 39.0 Å². The summed E-state index contributed by atoms with van der Waals surface area (Å²) in [6.07, 6.45) is 6.80. The van der Waals surface area contributed by atoms with E-state index in [1.807, 2.05) is 0 Å². The minimum atomic E-state index is 0.773. The molecule has 1 N–H and O–H groups in total. The lowest BCUT2D eigenvalue weighted by Crippen LogP contribution is -2.51.